The number of rotatable bonds is 8. The molecule has 0 saturated carbocycles. The molecule has 0 bridgehead atoms. The summed E-state index contributed by atoms with van der Waals surface area (Å²) in [5.41, 5.74) is 0. The van der Waals surface area contributed by atoms with Crippen LogP contribution in [-0.2, 0) is 14.8 Å². The molecule has 1 aliphatic rings. The van der Waals surface area contributed by atoms with Crippen molar-refractivity contribution in [2.24, 2.45) is 0 Å². The van der Waals surface area contributed by atoms with E-state index in [0.29, 0.717) is 18.0 Å². The molecule has 0 fully saturated rings. The first-order valence-corrected chi connectivity index (χ1v) is 8.67. The van der Waals surface area contributed by atoms with Crippen molar-refractivity contribution >= 4 is 15.9 Å². The van der Waals surface area contributed by atoms with E-state index in [1.165, 1.54) is 18.2 Å². The second-order valence-corrected chi connectivity index (χ2v) is 7.11. The van der Waals surface area contributed by atoms with Crippen LogP contribution in [-0.4, -0.2) is 59.7 Å². The van der Waals surface area contributed by atoms with Gasteiger partial charge in [0.15, 0.2) is 11.5 Å². The van der Waals surface area contributed by atoms with Gasteiger partial charge in [-0.15, -0.1) is 0 Å². The van der Waals surface area contributed by atoms with Crippen molar-refractivity contribution in [3.8, 4) is 11.5 Å². The van der Waals surface area contributed by atoms with Crippen LogP contribution in [0.25, 0.3) is 0 Å². The first-order valence-electron chi connectivity index (χ1n) is 7.19. The molecule has 0 saturated heterocycles. The molecule has 8 nitrogen and oxygen atoms in total. The largest absolute Gasteiger partial charge is 0.454 e. The van der Waals surface area contributed by atoms with E-state index in [1.807, 2.05) is 19.0 Å². The number of benzene rings is 1. The van der Waals surface area contributed by atoms with E-state index in [-0.39, 0.29) is 24.1 Å². The molecule has 1 amide bonds. The highest BCUT2D eigenvalue weighted by atomic mass is 32.2. The van der Waals surface area contributed by atoms with Gasteiger partial charge in [0.1, 0.15) is 0 Å². The van der Waals surface area contributed by atoms with E-state index in [9.17, 15) is 13.2 Å². The lowest BCUT2D eigenvalue weighted by atomic mass is 10.3. The fourth-order valence-corrected chi connectivity index (χ4v) is 2.97. The molecule has 0 atom stereocenters. The number of carbonyl (C=O) groups is 1. The average molecular weight is 343 g/mol. The number of fused-ring (bicyclic) bond motifs is 1. The Morgan fingerprint density at radius 2 is 2.00 bits per heavy atom. The summed E-state index contributed by atoms with van der Waals surface area (Å²) in [6.45, 7) is 1.12. The maximum Gasteiger partial charge on any atom is 0.241 e. The lowest BCUT2D eigenvalue weighted by Crippen LogP contribution is -2.37. The van der Waals surface area contributed by atoms with Crippen molar-refractivity contribution in [2.45, 2.75) is 11.3 Å². The average Bonchev–Trinajstić information content (AvgIpc) is 2.97. The van der Waals surface area contributed by atoms with Crippen molar-refractivity contribution in [1.29, 1.82) is 0 Å². The van der Waals surface area contributed by atoms with Gasteiger partial charge in [0.05, 0.1) is 11.4 Å². The highest BCUT2D eigenvalue weighted by molar-refractivity contribution is 7.89. The summed E-state index contributed by atoms with van der Waals surface area (Å²) >= 11 is 0. The molecule has 23 heavy (non-hydrogen) atoms. The molecule has 2 rings (SSSR count). The Bertz CT molecular complexity index is 660. The van der Waals surface area contributed by atoms with Crippen LogP contribution in [0, 0.1) is 0 Å². The number of hydrogen-bond acceptors (Lipinski definition) is 6. The Balaban J connectivity index is 1.83. The van der Waals surface area contributed by atoms with Gasteiger partial charge in [-0.2, -0.15) is 0 Å². The van der Waals surface area contributed by atoms with Crippen LogP contribution in [0.1, 0.15) is 6.42 Å². The molecule has 0 spiro atoms. The van der Waals surface area contributed by atoms with E-state index in [2.05, 4.69) is 10.0 Å². The molecule has 0 radical (unpaired) electrons. The summed E-state index contributed by atoms with van der Waals surface area (Å²) in [5.74, 6) is 0.511. The molecule has 1 aliphatic heterocycles. The van der Waals surface area contributed by atoms with E-state index < -0.39 is 10.0 Å². The number of ether oxygens (including phenoxy) is 2. The fourth-order valence-electron chi connectivity index (χ4n) is 1.97. The molecular formula is C14H21N3O5S. The topological polar surface area (TPSA) is 97.0 Å². The molecule has 1 aromatic carbocycles. The summed E-state index contributed by atoms with van der Waals surface area (Å²) in [4.78, 5) is 13.7. The monoisotopic (exact) mass is 343 g/mol. The molecule has 1 aromatic rings. The van der Waals surface area contributed by atoms with Gasteiger partial charge in [-0.25, -0.2) is 13.1 Å². The maximum absolute atomic E-state index is 12.2. The Morgan fingerprint density at radius 3 is 2.74 bits per heavy atom. The summed E-state index contributed by atoms with van der Waals surface area (Å²) in [6, 6.07) is 4.31. The van der Waals surface area contributed by atoms with Crippen molar-refractivity contribution in [2.75, 3.05) is 40.5 Å². The Labute approximate surface area is 135 Å². The van der Waals surface area contributed by atoms with E-state index in [4.69, 9.17) is 9.47 Å². The van der Waals surface area contributed by atoms with Crippen LogP contribution in [0.2, 0.25) is 0 Å². The SMILES string of the molecule is CN(C)CCCNC(=O)CNS(=O)(=O)c1ccc2c(c1)OCO2. The van der Waals surface area contributed by atoms with Crippen LogP contribution in [0.3, 0.4) is 0 Å². The van der Waals surface area contributed by atoms with Gasteiger partial charge >= 0.3 is 0 Å². The van der Waals surface area contributed by atoms with Gasteiger partial charge < -0.3 is 19.7 Å². The minimum absolute atomic E-state index is 0.0298. The summed E-state index contributed by atoms with van der Waals surface area (Å²) < 4.78 is 36.9. The molecule has 9 heteroatoms. The van der Waals surface area contributed by atoms with Crippen molar-refractivity contribution in [1.82, 2.24) is 14.9 Å². The Kier molecular flexibility index (Phi) is 5.80. The third-order valence-electron chi connectivity index (χ3n) is 3.18. The van der Waals surface area contributed by atoms with Crippen LogP contribution >= 0.6 is 0 Å². The first kappa shape index (κ1) is 17.5. The molecule has 0 unspecified atom stereocenters. The lowest BCUT2D eigenvalue weighted by molar-refractivity contribution is -0.119. The van der Waals surface area contributed by atoms with Gasteiger partial charge in [-0.1, -0.05) is 0 Å². The molecule has 0 aromatic heterocycles. The molecule has 1 heterocycles. The third-order valence-corrected chi connectivity index (χ3v) is 4.58. The van der Waals surface area contributed by atoms with E-state index >= 15 is 0 Å². The Hall–Kier alpha value is -1.84. The standard InChI is InChI=1S/C14H21N3O5S/c1-17(2)7-3-6-15-14(18)9-16-23(19,20)11-4-5-12-13(8-11)22-10-21-12/h4-5,8,16H,3,6-7,9-10H2,1-2H3,(H,15,18). The Morgan fingerprint density at radius 1 is 1.26 bits per heavy atom. The predicted octanol–water partition coefficient (Wildman–Crippen LogP) is -0.238. The van der Waals surface area contributed by atoms with Crippen molar-refractivity contribution < 1.29 is 22.7 Å². The normalized spacial score (nSPS) is 13.3. The second kappa shape index (κ2) is 7.62. The number of nitrogens with one attached hydrogen (secondary N) is 2. The van der Waals surface area contributed by atoms with Gasteiger partial charge in [-0.05, 0) is 39.2 Å². The molecular weight excluding hydrogens is 322 g/mol. The smallest absolute Gasteiger partial charge is 0.241 e. The zero-order chi connectivity index (χ0) is 16.9. The number of sulfonamides is 1. The molecule has 0 aliphatic carbocycles. The lowest BCUT2D eigenvalue weighted by Gasteiger charge is -2.10. The summed E-state index contributed by atoms with van der Waals surface area (Å²) in [6.07, 6.45) is 0.799. The highest BCUT2D eigenvalue weighted by Crippen LogP contribution is 2.33. The van der Waals surface area contributed by atoms with Crippen molar-refractivity contribution in [3.05, 3.63) is 18.2 Å². The highest BCUT2D eigenvalue weighted by Gasteiger charge is 2.20. The fraction of sp³-hybridized carbons (Fsp3) is 0.500. The number of carbonyl (C=O) groups excluding carboxylic acids is 1. The third kappa shape index (κ3) is 5.08. The van der Waals surface area contributed by atoms with Gasteiger partial charge in [0.25, 0.3) is 0 Å². The number of amides is 1. The van der Waals surface area contributed by atoms with Crippen LogP contribution in [0.15, 0.2) is 23.1 Å². The van der Waals surface area contributed by atoms with Gasteiger partial charge in [-0.3, -0.25) is 4.79 Å². The summed E-state index contributed by atoms with van der Waals surface area (Å²) in [7, 11) is 0.116. The molecule has 2 N–H and O–H groups in total. The number of nitrogens with zero attached hydrogens (tertiary/aromatic N) is 1. The second-order valence-electron chi connectivity index (χ2n) is 5.35. The van der Waals surface area contributed by atoms with Crippen LogP contribution in [0.5, 0.6) is 11.5 Å². The predicted molar refractivity (Wildman–Crippen MR) is 83.9 cm³/mol. The minimum Gasteiger partial charge on any atom is -0.454 e. The quantitative estimate of drug-likeness (QED) is 0.633. The zero-order valence-electron chi connectivity index (χ0n) is 13.2. The zero-order valence-corrected chi connectivity index (χ0v) is 14.0. The van der Waals surface area contributed by atoms with E-state index in [0.717, 1.165) is 13.0 Å². The van der Waals surface area contributed by atoms with Gasteiger partial charge in [0.2, 0.25) is 22.7 Å². The van der Waals surface area contributed by atoms with Gasteiger partial charge in [0, 0.05) is 12.6 Å². The molecule has 128 valence electrons. The van der Waals surface area contributed by atoms with Crippen molar-refractivity contribution in [3.63, 3.8) is 0 Å². The summed E-state index contributed by atoms with van der Waals surface area (Å²) in [5, 5.41) is 2.67. The van der Waals surface area contributed by atoms with E-state index in [1.54, 1.807) is 0 Å². The number of hydrogen-bond donors (Lipinski definition) is 2. The van der Waals surface area contributed by atoms with Crippen LogP contribution in [0.4, 0.5) is 0 Å². The minimum atomic E-state index is -3.78. The first-order chi connectivity index (χ1) is 10.9. The maximum atomic E-state index is 12.2. The van der Waals surface area contributed by atoms with Crippen LogP contribution < -0.4 is 19.5 Å².